The lowest BCUT2D eigenvalue weighted by atomic mass is 10.1. The van der Waals surface area contributed by atoms with Crippen LogP contribution in [0.25, 0.3) is 4.91 Å². The molecule has 0 atom stereocenters. The number of allylic oxidation sites excluding steroid dienone is 1. The van der Waals surface area contributed by atoms with Gasteiger partial charge in [-0.3, -0.25) is 0 Å². The maximum atomic E-state index is 12.6. The molecule has 102 valence electrons. The Hall–Kier alpha value is -1.33. The third kappa shape index (κ3) is 3.16. The van der Waals surface area contributed by atoms with E-state index in [2.05, 4.69) is 15.9 Å². The lowest BCUT2D eigenvalue weighted by Crippen LogP contribution is -2.24. The maximum absolute atomic E-state index is 12.6. The van der Waals surface area contributed by atoms with E-state index in [4.69, 9.17) is 5.26 Å². The van der Waals surface area contributed by atoms with Crippen molar-refractivity contribution in [1.29, 1.82) is 5.26 Å². The fraction of sp³-hybridized carbons (Fsp3) is 0.182. The number of alkyl halides is 3. The Labute approximate surface area is 116 Å². The van der Waals surface area contributed by atoms with Crippen LogP contribution in [0, 0.1) is 11.3 Å². The van der Waals surface area contributed by atoms with Gasteiger partial charge in [-0.1, -0.05) is 28.1 Å². The van der Waals surface area contributed by atoms with E-state index < -0.39 is 25.8 Å². The standard InChI is InChI=1S/C11H7BrF3NO2S/c1-7(6-16)10(19(17,18)11(13,14)15)8-2-4-9(12)5-3-8/h2-5H,1H3/b10-7-. The smallest absolute Gasteiger partial charge is 0.214 e. The van der Waals surface area contributed by atoms with Gasteiger partial charge in [0.15, 0.2) is 0 Å². The highest BCUT2D eigenvalue weighted by Gasteiger charge is 2.49. The van der Waals surface area contributed by atoms with Crippen LogP contribution in [0.2, 0.25) is 0 Å². The van der Waals surface area contributed by atoms with Crippen molar-refractivity contribution in [2.75, 3.05) is 0 Å². The number of benzene rings is 1. The van der Waals surface area contributed by atoms with Gasteiger partial charge in [0.1, 0.15) is 0 Å². The molecule has 0 bridgehead atoms. The van der Waals surface area contributed by atoms with Gasteiger partial charge in [0, 0.05) is 10.0 Å². The van der Waals surface area contributed by atoms with Crippen molar-refractivity contribution in [1.82, 2.24) is 0 Å². The molecular weight excluding hydrogens is 347 g/mol. The summed E-state index contributed by atoms with van der Waals surface area (Å²) in [4.78, 5) is -1.02. The molecule has 0 unspecified atom stereocenters. The number of halogens is 4. The highest BCUT2D eigenvalue weighted by atomic mass is 79.9. The molecule has 0 fully saturated rings. The Morgan fingerprint density at radius 1 is 1.26 bits per heavy atom. The first kappa shape index (κ1) is 15.7. The van der Waals surface area contributed by atoms with Gasteiger partial charge in [-0.15, -0.1) is 0 Å². The summed E-state index contributed by atoms with van der Waals surface area (Å²) in [5.74, 6) is 0. The lowest BCUT2D eigenvalue weighted by molar-refractivity contribution is -0.0420. The molecule has 0 aliphatic carbocycles. The van der Waals surface area contributed by atoms with Crippen molar-refractivity contribution in [2.24, 2.45) is 0 Å². The van der Waals surface area contributed by atoms with Crippen LogP contribution in [0.1, 0.15) is 12.5 Å². The zero-order chi connectivity index (χ0) is 14.8. The molecule has 0 radical (unpaired) electrons. The number of hydrogen-bond donors (Lipinski definition) is 0. The first-order valence-electron chi connectivity index (χ1n) is 4.79. The van der Waals surface area contributed by atoms with Gasteiger partial charge < -0.3 is 0 Å². The first-order valence-corrected chi connectivity index (χ1v) is 7.07. The van der Waals surface area contributed by atoms with E-state index >= 15 is 0 Å². The highest BCUT2D eigenvalue weighted by Crippen LogP contribution is 2.37. The minimum Gasteiger partial charge on any atom is -0.214 e. The van der Waals surface area contributed by atoms with Crippen LogP contribution < -0.4 is 0 Å². The number of nitrogens with zero attached hydrogens (tertiary/aromatic N) is 1. The molecule has 8 heteroatoms. The average Bonchev–Trinajstić information content (AvgIpc) is 2.30. The van der Waals surface area contributed by atoms with E-state index in [1.807, 2.05) is 0 Å². The minimum atomic E-state index is -5.57. The molecule has 0 saturated heterocycles. The van der Waals surface area contributed by atoms with Crippen LogP contribution in [-0.4, -0.2) is 13.9 Å². The lowest BCUT2D eigenvalue weighted by Gasteiger charge is -2.13. The quantitative estimate of drug-likeness (QED) is 0.762. The minimum absolute atomic E-state index is 0.181. The summed E-state index contributed by atoms with van der Waals surface area (Å²) in [5.41, 5.74) is -6.15. The van der Waals surface area contributed by atoms with Gasteiger partial charge in [-0.25, -0.2) is 8.42 Å². The topological polar surface area (TPSA) is 57.9 Å². The number of nitriles is 1. The third-order valence-electron chi connectivity index (χ3n) is 2.19. The second-order valence-corrected chi connectivity index (χ2v) is 6.32. The van der Waals surface area contributed by atoms with Crippen LogP contribution in [0.5, 0.6) is 0 Å². The van der Waals surface area contributed by atoms with Crippen molar-refractivity contribution < 1.29 is 21.6 Å². The molecule has 0 aliphatic heterocycles. The Bertz CT molecular complexity index is 655. The molecule has 0 saturated carbocycles. The van der Waals surface area contributed by atoms with Gasteiger partial charge in [0.2, 0.25) is 0 Å². The molecule has 0 N–H and O–H groups in total. The summed E-state index contributed by atoms with van der Waals surface area (Å²) in [6, 6.07) is 6.63. The van der Waals surface area contributed by atoms with Crippen molar-refractivity contribution in [3.05, 3.63) is 39.9 Å². The van der Waals surface area contributed by atoms with Crippen LogP contribution in [-0.2, 0) is 9.84 Å². The Kier molecular flexibility index (Phi) is 4.43. The zero-order valence-electron chi connectivity index (χ0n) is 9.49. The van der Waals surface area contributed by atoms with E-state index in [0.29, 0.717) is 4.47 Å². The fourth-order valence-electron chi connectivity index (χ4n) is 1.34. The van der Waals surface area contributed by atoms with E-state index in [-0.39, 0.29) is 5.56 Å². The summed E-state index contributed by atoms with van der Waals surface area (Å²) >= 11 is 3.09. The molecule has 19 heavy (non-hydrogen) atoms. The molecule has 0 heterocycles. The molecule has 1 rings (SSSR count). The Balaban J connectivity index is 3.62. The largest absolute Gasteiger partial charge is 0.501 e. The molecular formula is C11H7BrF3NO2S. The van der Waals surface area contributed by atoms with Gasteiger partial charge in [0.25, 0.3) is 9.84 Å². The van der Waals surface area contributed by atoms with E-state index in [0.717, 1.165) is 6.92 Å². The molecule has 0 aliphatic rings. The summed E-state index contributed by atoms with van der Waals surface area (Å²) in [5, 5.41) is 8.70. The third-order valence-corrected chi connectivity index (χ3v) is 4.41. The Morgan fingerprint density at radius 3 is 2.11 bits per heavy atom. The second-order valence-electron chi connectivity index (χ2n) is 3.52. The number of hydrogen-bond acceptors (Lipinski definition) is 3. The normalized spacial score (nSPS) is 13.7. The van der Waals surface area contributed by atoms with E-state index in [9.17, 15) is 21.6 Å². The van der Waals surface area contributed by atoms with Crippen molar-refractivity contribution in [3.63, 3.8) is 0 Å². The van der Waals surface area contributed by atoms with Crippen LogP contribution in [0.4, 0.5) is 13.2 Å². The predicted octanol–water partition coefficient (Wildman–Crippen LogP) is 3.64. The summed E-state index contributed by atoms with van der Waals surface area (Å²) in [6.07, 6.45) is 0. The zero-order valence-corrected chi connectivity index (χ0v) is 11.9. The molecule has 0 amide bonds. The SMILES string of the molecule is C/C(C#N)=C(\c1ccc(Br)cc1)S(=O)(=O)C(F)(F)F. The summed E-state index contributed by atoms with van der Waals surface area (Å²) in [7, 11) is -5.57. The Morgan fingerprint density at radius 2 is 1.74 bits per heavy atom. The van der Waals surface area contributed by atoms with E-state index in [1.165, 1.54) is 30.3 Å². The maximum Gasteiger partial charge on any atom is 0.501 e. The van der Waals surface area contributed by atoms with Gasteiger partial charge in [-0.05, 0) is 24.6 Å². The molecule has 1 aromatic rings. The van der Waals surface area contributed by atoms with E-state index in [1.54, 1.807) is 0 Å². The first-order chi connectivity index (χ1) is 8.61. The van der Waals surface area contributed by atoms with Gasteiger partial charge >= 0.3 is 5.51 Å². The van der Waals surface area contributed by atoms with Gasteiger partial charge in [0.05, 0.1) is 11.0 Å². The molecule has 1 aromatic carbocycles. The number of rotatable bonds is 2. The number of sulfone groups is 1. The molecule has 0 spiro atoms. The van der Waals surface area contributed by atoms with Gasteiger partial charge in [-0.2, -0.15) is 18.4 Å². The van der Waals surface area contributed by atoms with Crippen molar-refractivity contribution in [2.45, 2.75) is 12.4 Å². The van der Waals surface area contributed by atoms with Crippen LogP contribution in [0.3, 0.4) is 0 Å². The van der Waals surface area contributed by atoms with Crippen LogP contribution in [0.15, 0.2) is 34.3 Å². The van der Waals surface area contributed by atoms with Crippen LogP contribution >= 0.6 is 15.9 Å². The molecule has 0 aromatic heterocycles. The van der Waals surface area contributed by atoms with Crippen molar-refractivity contribution in [3.8, 4) is 6.07 Å². The fourth-order valence-corrected chi connectivity index (χ4v) is 2.73. The summed E-state index contributed by atoms with van der Waals surface area (Å²) < 4.78 is 61.4. The average molecular weight is 354 g/mol. The molecule has 3 nitrogen and oxygen atoms in total. The monoisotopic (exact) mass is 353 g/mol. The second kappa shape index (κ2) is 5.35. The van der Waals surface area contributed by atoms with Crippen molar-refractivity contribution >= 4 is 30.7 Å². The highest BCUT2D eigenvalue weighted by molar-refractivity contribution is 9.10. The summed E-state index contributed by atoms with van der Waals surface area (Å²) in [6.45, 7) is 1.03. The predicted molar refractivity (Wildman–Crippen MR) is 67.3 cm³/mol.